The Hall–Kier alpha value is -2.49. The van der Waals surface area contributed by atoms with Gasteiger partial charge in [-0.05, 0) is 70.3 Å². The first-order valence-electron chi connectivity index (χ1n) is 21.4. The molecule has 0 aromatic rings. The van der Waals surface area contributed by atoms with E-state index < -0.39 is 45.1 Å². The predicted octanol–water partition coefficient (Wildman–Crippen LogP) is 12.0. The fourth-order valence-corrected chi connectivity index (χ4v) is 6.27. The van der Waals surface area contributed by atoms with Gasteiger partial charge in [-0.3, -0.25) is 18.6 Å². The Morgan fingerprint density at radius 2 is 1.00 bits per heavy atom. The lowest BCUT2D eigenvalue weighted by atomic mass is 10.0. The second kappa shape index (κ2) is 39.7. The van der Waals surface area contributed by atoms with Crippen LogP contribution in [-0.2, 0) is 32.7 Å². The normalized spacial score (nSPS) is 14.5. The minimum atomic E-state index is -4.64. The first kappa shape index (κ1) is 52.5. The van der Waals surface area contributed by atoms with E-state index >= 15 is 0 Å². The van der Waals surface area contributed by atoms with E-state index in [0.29, 0.717) is 6.42 Å². The van der Waals surface area contributed by atoms with Gasteiger partial charge >= 0.3 is 19.8 Å². The molecule has 0 amide bonds. The summed E-state index contributed by atoms with van der Waals surface area (Å²) in [5.74, 6) is -1.84. The fraction of sp³-hybridized carbons (Fsp3) is 0.727. The molecule has 0 fully saturated rings. The average Bonchev–Trinajstić information content (AvgIpc) is 3.16. The van der Waals surface area contributed by atoms with Crippen molar-refractivity contribution in [2.45, 2.75) is 187 Å². The molecule has 0 aromatic carbocycles. The van der Waals surface area contributed by atoms with Crippen molar-refractivity contribution in [2.75, 3.05) is 19.8 Å². The number of unbranched alkanes of at least 4 members (excludes halogenated alkanes) is 18. The average molecular weight is 796 g/mol. The molecular weight excluding hydrogens is 717 g/mol. The number of aliphatic carboxylic acids is 1. The number of ether oxygens (including phenoxy) is 2. The summed E-state index contributed by atoms with van der Waals surface area (Å²) < 4.78 is 33.0. The molecule has 10 nitrogen and oxygen atoms in total. The lowest BCUT2D eigenvalue weighted by Crippen LogP contribution is -2.34. The number of carboxylic acid groups (broad SMARTS) is 1. The molecule has 3 atom stereocenters. The Morgan fingerprint density at radius 3 is 1.53 bits per heavy atom. The third kappa shape index (κ3) is 39.5. The van der Waals surface area contributed by atoms with Crippen LogP contribution in [0.5, 0.6) is 0 Å². The minimum absolute atomic E-state index is 0.0820. The third-order valence-corrected chi connectivity index (χ3v) is 9.81. The molecule has 4 N–H and O–H groups in total. The van der Waals surface area contributed by atoms with E-state index in [-0.39, 0.29) is 13.0 Å². The van der Waals surface area contributed by atoms with Crippen LogP contribution in [0.3, 0.4) is 0 Å². The summed E-state index contributed by atoms with van der Waals surface area (Å²) in [6.07, 6.45) is 47.8. The molecule has 0 aromatic heterocycles. The van der Waals surface area contributed by atoms with E-state index in [1.807, 2.05) is 6.08 Å². The van der Waals surface area contributed by atoms with Gasteiger partial charge < -0.3 is 25.2 Å². The molecular formula is C44H78NO9P. The van der Waals surface area contributed by atoms with Gasteiger partial charge in [0.05, 0.1) is 19.5 Å². The van der Waals surface area contributed by atoms with Crippen LogP contribution in [0.1, 0.15) is 174 Å². The van der Waals surface area contributed by atoms with Crippen molar-refractivity contribution in [1.82, 2.24) is 0 Å². The number of rotatable bonds is 40. The van der Waals surface area contributed by atoms with E-state index in [4.69, 9.17) is 24.8 Å². The van der Waals surface area contributed by atoms with Gasteiger partial charge in [0.15, 0.2) is 6.10 Å². The summed E-state index contributed by atoms with van der Waals surface area (Å²) in [5.41, 5.74) is 5.34. The molecule has 0 saturated carbocycles. The van der Waals surface area contributed by atoms with Gasteiger partial charge in [0.25, 0.3) is 0 Å². The van der Waals surface area contributed by atoms with Crippen LogP contribution in [0.4, 0.5) is 0 Å². The molecule has 0 aliphatic rings. The van der Waals surface area contributed by atoms with Gasteiger partial charge in [-0.15, -0.1) is 0 Å². The summed E-state index contributed by atoms with van der Waals surface area (Å²) in [6.45, 7) is 3.20. The number of phosphoric acid groups is 1. The van der Waals surface area contributed by atoms with Crippen LogP contribution >= 0.6 is 7.82 Å². The predicted molar refractivity (Wildman–Crippen MR) is 226 cm³/mol. The van der Waals surface area contributed by atoms with Crippen LogP contribution in [0.25, 0.3) is 0 Å². The number of carbonyl (C=O) groups is 2. The number of phosphoric ester groups is 1. The molecule has 0 heterocycles. The van der Waals surface area contributed by atoms with Crippen molar-refractivity contribution in [3.63, 3.8) is 0 Å². The Labute approximate surface area is 334 Å². The second-order valence-electron chi connectivity index (χ2n) is 14.2. The zero-order chi connectivity index (χ0) is 40.5. The first-order chi connectivity index (χ1) is 26.7. The highest BCUT2D eigenvalue weighted by Crippen LogP contribution is 2.43. The van der Waals surface area contributed by atoms with E-state index in [1.54, 1.807) is 6.26 Å². The molecule has 1 unspecified atom stereocenters. The number of nitrogens with two attached hydrogens (primary N) is 1. The smallest absolute Gasteiger partial charge is 0.472 e. The first-order valence-corrected chi connectivity index (χ1v) is 22.9. The van der Waals surface area contributed by atoms with Gasteiger partial charge in [0, 0.05) is 6.42 Å². The van der Waals surface area contributed by atoms with E-state index in [2.05, 4.69) is 67.0 Å². The summed E-state index contributed by atoms with van der Waals surface area (Å²) >= 11 is 0. The number of hydrogen-bond acceptors (Lipinski definition) is 8. The SMILES string of the molecule is CCCCC/C=C\C/C=C\C/C=C\C/C=C\CCCCCC(=O)O[C@H](CO/C=C\CCCCCCCCCCCCCC)COP(=O)(O)OC[C@H](N)C(=O)O. The summed E-state index contributed by atoms with van der Waals surface area (Å²) in [7, 11) is -4.64. The lowest BCUT2D eigenvalue weighted by molar-refractivity contribution is -0.153. The van der Waals surface area contributed by atoms with Gasteiger partial charge in [0.2, 0.25) is 0 Å². The summed E-state index contributed by atoms with van der Waals surface area (Å²) in [5, 5.41) is 8.88. The Bertz CT molecular complexity index is 1100. The minimum Gasteiger partial charge on any atom is -0.498 e. The molecule has 55 heavy (non-hydrogen) atoms. The van der Waals surface area contributed by atoms with Crippen LogP contribution in [0, 0.1) is 0 Å². The number of carboxylic acids is 1. The fourth-order valence-electron chi connectivity index (χ4n) is 5.49. The highest BCUT2D eigenvalue weighted by molar-refractivity contribution is 7.47. The number of esters is 1. The van der Waals surface area contributed by atoms with Crippen molar-refractivity contribution in [3.8, 4) is 0 Å². The number of hydrogen-bond donors (Lipinski definition) is 3. The Balaban J connectivity index is 4.38. The molecule has 11 heteroatoms. The maximum Gasteiger partial charge on any atom is 0.472 e. The van der Waals surface area contributed by atoms with Crippen LogP contribution in [0.15, 0.2) is 60.9 Å². The standard InChI is InChI=1S/C44H78NO9P/c1-3-5-7-9-11-13-15-17-19-20-21-22-23-24-26-28-30-32-34-36-43(46)54-41(39-52-55(49,50)53-40-42(45)44(47)48)38-51-37-35-33-31-29-27-25-18-16-14-12-10-8-6-4-2/h11,13,17,19,21-22,24,26,35,37,41-42H,3-10,12,14-16,18,20,23,25,27-34,36,38-40,45H2,1-2H3,(H,47,48)(H,49,50)/b13-11-,19-17-,22-21-,26-24-,37-35-/t41-,42+/m1/s1. The molecule has 0 saturated heterocycles. The molecule has 0 bridgehead atoms. The van der Waals surface area contributed by atoms with Crippen molar-refractivity contribution in [1.29, 1.82) is 0 Å². The van der Waals surface area contributed by atoms with Crippen LogP contribution in [0.2, 0.25) is 0 Å². The molecule has 318 valence electrons. The maximum absolute atomic E-state index is 12.6. The molecule has 0 spiro atoms. The molecule has 0 radical (unpaired) electrons. The zero-order valence-electron chi connectivity index (χ0n) is 34.5. The number of carbonyl (C=O) groups excluding carboxylic acids is 1. The molecule has 0 aliphatic heterocycles. The van der Waals surface area contributed by atoms with Crippen molar-refractivity contribution < 1.29 is 42.7 Å². The lowest BCUT2D eigenvalue weighted by Gasteiger charge is -2.20. The highest BCUT2D eigenvalue weighted by Gasteiger charge is 2.27. The van der Waals surface area contributed by atoms with E-state index in [1.165, 1.54) is 89.9 Å². The second-order valence-corrected chi connectivity index (χ2v) is 15.6. The maximum atomic E-state index is 12.6. The summed E-state index contributed by atoms with van der Waals surface area (Å²) in [6, 6.07) is -1.49. The quantitative estimate of drug-likeness (QED) is 0.0179. The zero-order valence-corrected chi connectivity index (χ0v) is 35.4. The summed E-state index contributed by atoms with van der Waals surface area (Å²) in [4.78, 5) is 33.5. The van der Waals surface area contributed by atoms with Gasteiger partial charge in [0.1, 0.15) is 12.6 Å². The van der Waals surface area contributed by atoms with Crippen molar-refractivity contribution in [3.05, 3.63) is 60.9 Å². The van der Waals surface area contributed by atoms with Crippen LogP contribution < -0.4 is 5.73 Å². The van der Waals surface area contributed by atoms with E-state index in [9.17, 15) is 19.0 Å². The van der Waals surface area contributed by atoms with E-state index in [0.717, 1.165) is 57.8 Å². The largest absolute Gasteiger partial charge is 0.498 e. The van der Waals surface area contributed by atoms with Crippen molar-refractivity contribution in [2.24, 2.45) is 5.73 Å². The van der Waals surface area contributed by atoms with Gasteiger partial charge in [-0.1, -0.05) is 152 Å². The third-order valence-electron chi connectivity index (χ3n) is 8.86. The molecule has 0 aliphatic carbocycles. The number of allylic oxidation sites excluding steroid dienone is 9. The molecule has 0 rings (SSSR count). The monoisotopic (exact) mass is 796 g/mol. The highest BCUT2D eigenvalue weighted by atomic mass is 31.2. The Kier molecular flexibility index (Phi) is 37.9. The van der Waals surface area contributed by atoms with Crippen LogP contribution in [-0.4, -0.2) is 53.9 Å². The Morgan fingerprint density at radius 1 is 0.582 bits per heavy atom. The van der Waals surface area contributed by atoms with Gasteiger partial charge in [-0.25, -0.2) is 4.57 Å². The topological polar surface area (TPSA) is 155 Å². The van der Waals surface area contributed by atoms with Crippen molar-refractivity contribution >= 4 is 19.8 Å². The van der Waals surface area contributed by atoms with Gasteiger partial charge in [-0.2, -0.15) is 0 Å².